The average Bonchev–Trinajstić information content (AvgIpc) is 2.60. The highest BCUT2D eigenvalue weighted by atomic mass is 31.2. The molecule has 0 aromatic heterocycles. The summed E-state index contributed by atoms with van der Waals surface area (Å²) in [5, 5.41) is 9.32. The smallest absolute Gasteiger partial charge is 0.508 e. The van der Waals surface area contributed by atoms with Gasteiger partial charge in [-0.05, 0) is 35.4 Å². The van der Waals surface area contributed by atoms with Crippen molar-refractivity contribution in [3.05, 3.63) is 73.8 Å². The van der Waals surface area contributed by atoms with Gasteiger partial charge in [0.05, 0.1) is 13.2 Å². The molecule has 0 aliphatic carbocycles. The lowest BCUT2D eigenvalue weighted by Crippen LogP contribution is -2.03. The van der Waals surface area contributed by atoms with E-state index in [-0.39, 0.29) is 19.0 Å². The van der Waals surface area contributed by atoms with Crippen LogP contribution in [0.3, 0.4) is 0 Å². The van der Waals surface area contributed by atoms with Gasteiger partial charge in [0, 0.05) is 0 Å². The highest BCUT2D eigenvalue weighted by molar-refractivity contribution is 7.48. The molecule has 0 amide bonds. The summed E-state index contributed by atoms with van der Waals surface area (Å²) in [6.45, 7) is 7.10. The average molecular weight is 346 g/mol. The predicted molar refractivity (Wildman–Crippen MR) is 94.1 cm³/mol. The highest BCUT2D eigenvalue weighted by Gasteiger charge is 2.27. The fourth-order valence-corrected chi connectivity index (χ4v) is 3.01. The molecule has 0 radical (unpaired) electrons. The number of phosphoric ester groups is 1. The van der Waals surface area contributed by atoms with E-state index >= 15 is 0 Å². The molecule has 24 heavy (non-hydrogen) atoms. The molecule has 0 spiro atoms. The Balaban J connectivity index is 2.13. The molecule has 0 unspecified atom stereocenters. The Labute approximate surface area is 141 Å². The van der Waals surface area contributed by atoms with Crippen LogP contribution >= 0.6 is 7.82 Å². The molecule has 0 atom stereocenters. The van der Waals surface area contributed by atoms with Gasteiger partial charge in [-0.1, -0.05) is 36.4 Å². The molecule has 0 fully saturated rings. The van der Waals surface area contributed by atoms with E-state index in [4.69, 9.17) is 13.6 Å². The number of phosphoric acid groups is 1. The zero-order valence-corrected chi connectivity index (χ0v) is 14.0. The van der Waals surface area contributed by atoms with Crippen molar-refractivity contribution in [2.24, 2.45) is 0 Å². The zero-order chi connectivity index (χ0) is 17.4. The molecule has 0 saturated carbocycles. The number of hydrogen-bond donors (Lipinski definition) is 1. The van der Waals surface area contributed by atoms with Gasteiger partial charge in [0.2, 0.25) is 0 Å². The third kappa shape index (κ3) is 5.10. The maximum absolute atomic E-state index is 12.5. The van der Waals surface area contributed by atoms with Gasteiger partial charge in [0.25, 0.3) is 0 Å². The first-order chi connectivity index (χ1) is 11.6. The van der Waals surface area contributed by atoms with Gasteiger partial charge in [0.1, 0.15) is 11.5 Å². The maximum Gasteiger partial charge on any atom is 0.530 e. The fraction of sp³-hybridized carbons (Fsp3) is 0.111. The van der Waals surface area contributed by atoms with Crippen molar-refractivity contribution in [3.8, 4) is 22.6 Å². The van der Waals surface area contributed by atoms with Crippen molar-refractivity contribution in [3.63, 3.8) is 0 Å². The van der Waals surface area contributed by atoms with Gasteiger partial charge >= 0.3 is 7.82 Å². The summed E-state index contributed by atoms with van der Waals surface area (Å²) in [6.07, 6.45) is 2.92. The molecule has 0 aliphatic heterocycles. The summed E-state index contributed by atoms with van der Waals surface area (Å²) in [5.41, 5.74) is 1.87. The van der Waals surface area contributed by atoms with Crippen LogP contribution in [0, 0.1) is 0 Å². The molecule has 2 rings (SSSR count). The van der Waals surface area contributed by atoms with Crippen molar-refractivity contribution >= 4 is 7.82 Å². The van der Waals surface area contributed by atoms with Crippen LogP contribution in [-0.2, 0) is 13.6 Å². The lowest BCUT2D eigenvalue weighted by atomic mass is 10.1. The second-order valence-electron chi connectivity index (χ2n) is 4.78. The van der Waals surface area contributed by atoms with Crippen molar-refractivity contribution < 1.29 is 23.2 Å². The molecule has 126 valence electrons. The molecule has 0 saturated heterocycles. The van der Waals surface area contributed by atoms with Gasteiger partial charge in [-0.3, -0.25) is 9.05 Å². The minimum atomic E-state index is -3.74. The van der Waals surface area contributed by atoms with E-state index in [0.29, 0.717) is 5.75 Å². The van der Waals surface area contributed by atoms with E-state index in [2.05, 4.69) is 13.2 Å². The molecule has 0 aliphatic rings. The lowest BCUT2D eigenvalue weighted by Gasteiger charge is -2.17. The summed E-state index contributed by atoms with van der Waals surface area (Å²) < 4.78 is 28.2. The second kappa shape index (κ2) is 8.50. The third-order valence-corrected chi connectivity index (χ3v) is 4.34. The Morgan fingerprint density at radius 2 is 1.33 bits per heavy atom. The monoisotopic (exact) mass is 346 g/mol. The SMILES string of the molecule is C=CCOP(=O)(OCC=C)Oc1ccc(-c2ccc(O)cc2)cc1. The predicted octanol–water partition coefficient (Wildman–Crippen LogP) is 4.95. The topological polar surface area (TPSA) is 65.0 Å². The first-order valence-electron chi connectivity index (χ1n) is 7.26. The summed E-state index contributed by atoms with van der Waals surface area (Å²) >= 11 is 0. The molecule has 6 heteroatoms. The number of aromatic hydroxyl groups is 1. The first kappa shape index (κ1) is 18.0. The van der Waals surface area contributed by atoms with E-state index in [9.17, 15) is 9.67 Å². The Morgan fingerprint density at radius 3 is 1.79 bits per heavy atom. The zero-order valence-electron chi connectivity index (χ0n) is 13.1. The summed E-state index contributed by atoms with van der Waals surface area (Å²) in [7, 11) is -3.74. The van der Waals surface area contributed by atoms with Crippen LogP contribution in [0.1, 0.15) is 0 Å². The van der Waals surface area contributed by atoms with Crippen molar-refractivity contribution in [2.45, 2.75) is 0 Å². The number of phenolic OH excluding ortho intramolecular Hbond substituents is 1. The van der Waals surface area contributed by atoms with Crippen LogP contribution in [0.25, 0.3) is 11.1 Å². The van der Waals surface area contributed by atoms with Crippen LogP contribution in [0.15, 0.2) is 73.8 Å². The Bertz CT molecular complexity index is 706. The summed E-state index contributed by atoms with van der Waals surface area (Å²) in [6, 6.07) is 13.8. The molecule has 2 aromatic rings. The standard InChI is InChI=1S/C18H19O5P/c1-3-13-21-24(20,22-14-4-2)23-18-11-7-16(8-12-18)15-5-9-17(19)10-6-15/h3-12,19H,1-2,13-14H2. The van der Waals surface area contributed by atoms with Crippen LogP contribution in [-0.4, -0.2) is 18.3 Å². The minimum absolute atomic E-state index is 0.0417. The van der Waals surface area contributed by atoms with Gasteiger partial charge in [-0.25, -0.2) is 4.57 Å². The molecular formula is C18H19O5P. The van der Waals surface area contributed by atoms with Gasteiger partial charge in [-0.15, -0.1) is 13.2 Å². The Kier molecular flexibility index (Phi) is 6.38. The van der Waals surface area contributed by atoms with Gasteiger partial charge in [-0.2, -0.15) is 0 Å². The van der Waals surface area contributed by atoms with Crippen molar-refractivity contribution in [2.75, 3.05) is 13.2 Å². The Hall–Kier alpha value is -2.33. The molecular weight excluding hydrogens is 327 g/mol. The van der Waals surface area contributed by atoms with Crippen LogP contribution in [0.4, 0.5) is 0 Å². The maximum atomic E-state index is 12.5. The first-order valence-corrected chi connectivity index (χ1v) is 8.72. The molecule has 0 bridgehead atoms. The number of rotatable bonds is 9. The Morgan fingerprint density at radius 1 is 0.875 bits per heavy atom. The minimum Gasteiger partial charge on any atom is -0.508 e. The van der Waals surface area contributed by atoms with Gasteiger partial charge in [0.15, 0.2) is 0 Å². The van der Waals surface area contributed by atoms with E-state index in [1.807, 2.05) is 12.1 Å². The van der Waals surface area contributed by atoms with E-state index in [0.717, 1.165) is 11.1 Å². The highest BCUT2D eigenvalue weighted by Crippen LogP contribution is 2.49. The normalized spacial score (nSPS) is 11.0. The number of hydrogen-bond acceptors (Lipinski definition) is 5. The van der Waals surface area contributed by atoms with Crippen LogP contribution < -0.4 is 4.52 Å². The summed E-state index contributed by atoms with van der Waals surface area (Å²) in [4.78, 5) is 0. The quantitative estimate of drug-likeness (QED) is 0.514. The van der Waals surface area contributed by atoms with E-state index < -0.39 is 7.82 Å². The number of benzene rings is 2. The molecule has 0 heterocycles. The molecule has 2 aromatic carbocycles. The second-order valence-corrected chi connectivity index (χ2v) is 6.37. The number of phenols is 1. The van der Waals surface area contributed by atoms with Crippen LogP contribution in [0.5, 0.6) is 11.5 Å². The fourth-order valence-electron chi connectivity index (χ4n) is 1.87. The summed E-state index contributed by atoms with van der Waals surface area (Å²) in [5.74, 6) is 0.562. The van der Waals surface area contributed by atoms with Gasteiger partial charge < -0.3 is 9.63 Å². The van der Waals surface area contributed by atoms with E-state index in [1.54, 1.807) is 36.4 Å². The van der Waals surface area contributed by atoms with Crippen molar-refractivity contribution in [1.29, 1.82) is 0 Å². The largest absolute Gasteiger partial charge is 0.530 e. The van der Waals surface area contributed by atoms with Crippen molar-refractivity contribution in [1.82, 2.24) is 0 Å². The molecule has 1 N–H and O–H groups in total. The lowest BCUT2D eigenvalue weighted by molar-refractivity contribution is 0.181. The van der Waals surface area contributed by atoms with Crippen LogP contribution in [0.2, 0.25) is 0 Å². The third-order valence-electron chi connectivity index (χ3n) is 2.97. The molecule has 5 nitrogen and oxygen atoms in total. The van der Waals surface area contributed by atoms with E-state index in [1.165, 1.54) is 12.2 Å².